The average molecular weight is 301 g/mol. The molecule has 1 aromatic carbocycles. The lowest BCUT2D eigenvalue weighted by atomic mass is 10.1. The van der Waals surface area contributed by atoms with E-state index in [9.17, 15) is 13.5 Å². The van der Waals surface area contributed by atoms with Gasteiger partial charge in [-0.25, -0.2) is 13.1 Å². The van der Waals surface area contributed by atoms with Crippen molar-refractivity contribution in [1.82, 2.24) is 4.72 Å². The summed E-state index contributed by atoms with van der Waals surface area (Å²) in [4.78, 5) is 0.202. The van der Waals surface area contributed by atoms with Crippen LogP contribution in [0, 0.1) is 13.8 Å². The van der Waals surface area contributed by atoms with Crippen LogP contribution in [0.3, 0.4) is 0 Å². The molecule has 0 spiro atoms. The summed E-state index contributed by atoms with van der Waals surface area (Å²) in [5, 5.41) is 9.21. The Morgan fingerprint density at radius 2 is 1.90 bits per heavy atom. The number of ether oxygens (including phenoxy) is 1. The van der Waals surface area contributed by atoms with E-state index in [1.54, 1.807) is 26.8 Å². The van der Waals surface area contributed by atoms with E-state index < -0.39 is 15.6 Å². The van der Waals surface area contributed by atoms with Crippen LogP contribution in [0.25, 0.3) is 0 Å². The number of rotatable bonds is 6. The molecule has 0 aliphatic heterocycles. The Kier molecular flexibility index (Phi) is 5.32. The smallest absolute Gasteiger partial charge is 0.240 e. The molecule has 0 saturated heterocycles. The van der Waals surface area contributed by atoms with Gasteiger partial charge in [0.2, 0.25) is 10.0 Å². The minimum atomic E-state index is -3.63. The Labute approximate surface area is 121 Å². The molecule has 0 heterocycles. The van der Waals surface area contributed by atoms with Crippen molar-refractivity contribution in [2.24, 2.45) is 0 Å². The Balaban J connectivity index is 3.13. The highest BCUT2D eigenvalue weighted by molar-refractivity contribution is 7.89. The Bertz CT molecular complexity index is 579. The molecule has 114 valence electrons. The number of benzene rings is 1. The minimum absolute atomic E-state index is 0.174. The number of sulfonamides is 1. The van der Waals surface area contributed by atoms with E-state index in [-0.39, 0.29) is 18.0 Å². The second-order valence-electron chi connectivity index (χ2n) is 5.48. The predicted molar refractivity (Wildman–Crippen MR) is 78.1 cm³/mol. The van der Waals surface area contributed by atoms with E-state index in [4.69, 9.17) is 4.74 Å². The Hall–Kier alpha value is -0.950. The fraction of sp³-hybridized carbons (Fsp3) is 0.571. The highest BCUT2D eigenvalue weighted by atomic mass is 32.2. The number of hydrogen-bond donors (Lipinski definition) is 2. The predicted octanol–water partition coefficient (Wildman–Crippen LogP) is 1.50. The van der Waals surface area contributed by atoms with Gasteiger partial charge in [-0.05, 0) is 50.5 Å². The maximum atomic E-state index is 12.4. The maximum Gasteiger partial charge on any atom is 0.240 e. The molecule has 2 N–H and O–H groups in total. The molecule has 0 amide bonds. The molecule has 0 atom stereocenters. The number of aliphatic hydroxyl groups is 1. The summed E-state index contributed by atoms with van der Waals surface area (Å²) in [6.07, 6.45) is 0. The van der Waals surface area contributed by atoms with E-state index in [0.29, 0.717) is 11.1 Å². The monoisotopic (exact) mass is 301 g/mol. The SMILES string of the molecule is COC(C)(C)CNS(=O)(=O)c1cc(CO)cc(C)c1C. The summed E-state index contributed by atoms with van der Waals surface area (Å²) in [5.74, 6) is 0. The van der Waals surface area contributed by atoms with Gasteiger partial charge in [0.25, 0.3) is 0 Å². The second-order valence-corrected chi connectivity index (χ2v) is 7.22. The van der Waals surface area contributed by atoms with E-state index in [1.165, 1.54) is 13.2 Å². The van der Waals surface area contributed by atoms with Crippen LogP contribution in [-0.2, 0) is 21.4 Å². The van der Waals surface area contributed by atoms with Crippen molar-refractivity contribution in [3.63, 3.8) is 0 Å². The van der Waals surface area contributed by atoms with E-state index in [1.807, 2.05) is 6.92 Å². The first-order valence-electron chi connectivity index (χ1n) is 6.39. The van der Waals surface area contributed by atoms with Gasteiger partial charge in [0.1, 0.15) is 0 Å². The highest BCUT2D eigenvalue weighted by Crippen LogP contribution is 2.21. The zero-order valence-corrected chi connectivity index (χ0v) is 13.5. The van der Waals surface area contributed by atoms with Crippen LogP contribution in [-0.4, -0.2) is 32.8 Å². The van der Waals surface area contributed by atoms with Crippen LogP contribution in [0.5, 0.6) is 0 Å². The van der Waals surface area contributed by atoms with Crippen molar-refractivity contribution in [3.05, 3.63) is 28.8 Å². The molecule has 0 saturated carbocycles. The lowest BCUT2D eigenvalue weighted by Gasteiger charge is -2.23. The molecule has 0 fully saturated rings. The zero-order valence-electron chi connectivity index (χ0n) is 12.6. The topological polar surface area (TPSA) is 75.6 Å². The molecule has 1 rings (SSSR count). The third kappa shape index (κ3) is 4.02. The number of aryl methyl sites for hydroxylation is 1. The van der Waals surface area contributed by atoms with Crippen molar-refractivity contribution >= 4 is 10.0 Å². The van der Waals surface area contributed by atoms with Crippen LogP contribution >= 0.6 is 0 Å². The summed E-state index contributed by atoms with van der Waals surface area (Å²) in [7, 11) is -2.09. The van der Waals surface area contributed by atoms with Crippen LogP contribution in [0.2, 0.25) is 0 Å². The zero-order chi connectivity index (χ0) is 15.6. The molecule has 1 aromatic rings. The van der Waals surface area contributed by atoms with Crippen molar-refractivity contribution in [1.29, 1.82) is 0 Å². The number of nitrogens with one attached hydrogen (secondary N) is 1. The van der Waals surface area contributed by atoms with Crippen molar-refractivity contribution in [3.8, 4) is 0 Å². The molecule has 20 heavy (non-hydrogen) atoms. The second kappa shape index (κ2) is 6.22. The Morgan fingerprint density at radius 1 is 1.30 bits per heavy atom. The first-order chi connectivity index (χ1) is 9.13. The van der Waals surface area contributed by atoms with Gasteiger partial charge in [0.15, 0.2) is 0 Å². The van der Waals surface area contributed by atoms with Gasteiger partial charge < -0.3 is 9.84 Å². The summed E-state index contributed by atoms with van der Waals surface area (Å²) in [5.41, 5.74) is 1.53. The fourth-order valence-corrected chi connectivity index (χ4v) is 3.25. The van der Waals surface area contributed by atoms with Crippen molar-refractivity contribution in [2.75, 3.05) is 13.7 Å². The summed E-state index contributed by atoms with van der Waals surface area (Å²) < 4.78 is 32.5. The van der Waals surface area contributed by atoms with Gasteiger partial charge in [-0.3, -0.25) is 0 Å². The molecule has 0 bridgehead atoms. The molecule has 0 aromatic heterocycles. The first kappa shape index (κ1) is 17.1. The van der Waals surface area contributed by atoms with Gasteiger partial charge in [-0.15, -0.1) is 0 Å². The molecular formula is C14H23NO4S. The standard InChI is InChI=1S/C14H23NO4S/c1-10-6-12(8-16)7-13(11(10)2)20(17,18)15-9-14(3,4)19-5/h6-7,15-16H,8-9H2,1-5H3. The fourth-order valence-electron chi connectivity index (χ4n) is 1.69. The maximum absolute atomic E-state index is 12.4. The summed E-state index contributed by atoms with van der Waals surface area (Å²) in [6, 6.07) is 3.29. The van der Waals surface area contributed by atoms with Crippen molar-refractivity contribution < 1.29 is 18.3 Å². The van der Waals surface area contributed by atoms with Gasteiger partial charge in [0, 0.05) is 13.7 Å². The summed E-state index contributed by atoms with van der Waals surface area (Å²) >= 11 is 0. The molecule has 0 aliphatic rings. The lowest BCUT2D eigenvalue weighted by Crippen LogP contribution is -2.39. The molecule has 5 nitrogen and oxygen atoms in total. The van der Waals surface area contributed by atoms with Crippen LogP contribution in [0.15, 0.2) is 17.0 Å². The van der Waals surface area contributed by atoms with Crippen molar-refractivity contribution in [2.45, 2.75) is 44.8 Å². The average Bonchev–Trinajstić information content (AvgIpc) is 2.39. The third-order valence-electron chi connectivity index (χ3n) is 3.39. The molecular weight excluding hydrogens is 278 g/mol. The van der Waals surface area contributed by atoms with Gasteiger partial charge >= 0.3 is 0 Å². The minimum Gasteiger partial charge on any atom is -0.392 e. The molecule has 0 aliphatic carbocycles. The quantitative estimate of drug-likeness (QED) is 0.835. The van der Waals surface area contributed by atoms with Crippen LogP contribution in [0.1, 0.15) is 30.5 Å². The van der Waals surface area contributed by atoms with Crippen LogP contribution in [0.4, 0.5) is 0 Å². The van der Waals surface area contributed by atoms with Crippen LogP contribution < -0.4 is 4.72 Å². The summed E-state index contributed by atoms with van der Waals surface area (Å²) in [6.45, 7) is 7.18. The number of hydrogen-bond acceptors (Lipinski definition) is 4. The first-order valence-corrected chi connectivity index (χ1v) is 7.87. The lowest BCUT2D eigenvalue weighted by molar-refractivity contribution is 0.0276. The van der Waals surface area contributed by atoms with Gasteiger partial charge in [-0.2, -0.15) is 0 Å². The molecule has 6 heteroatoms. The normalized spacial score (nSPS) is 12.7. The van der Waals surface area contributed by atoms with Gasteiger partial charge in [-0.1, -0.05) is 6.07 Å². The van der Waals surface area contributed by atoms with E-state index in [0.717, 1.165) is 5.56 Å². The highest BCUT2D eigenvalue weighted by Gasteiger charge is 2.23. The number of aliphatic hydroxyl groups excluding tert-OH is 1. The van der Waals surface area contributed by atoms with Gasteiger partial charge in [0.05, 0.1) is 17.1 Å². The third-order valence-corrected chi connectivity index (χ3v) is 4.92. The molecule has 0 radical (unpaired) electrons. The Morgan fingerprint density at radius 3 is 2.40 bits per heavy atom. The molecule has 0 unspecified atom stereocenters. The number of methoxy groups -OCH3 is 1. The van der Waals surface area contributed by atoms with E-state index in [2.05, 4.69) is 4.72 Å². The largest absolute Gasteiger partial charge is 0.392 e. The van der Waals surface area contributed by atoms with E-state index >= 15 is 0 Å².